The van der Waals surface area contributed by atoms with Gasteiger partial charge in [-0.2, -0.15) is 4.98 Å². The van der Waals surface area contributed by atoms with Crippen molar-refractivity contribution in [3.05, 3.63) is 53.7 Å². The normalized spacial score (nSPS) is 18.0. The fraction of sp³-hybridized carbons (Fsp3) is 0.467. The summed E-state index contributed by atoms with van der Waals surface area (Å²) in [6, 6.07) is 13.2. The minimum absolute atomic E-state index is 0.179. The van der Waals surface area contributed by atoms with Gasteiger partial charge in [0, 0.05) is 56.3 Å². The summed E-state index contributed by atoms with van der Waals surface area (Å²) < 4.78 is 43.9. The fourth-order valence-electron chi connectivity index (χ4n) is 5.57. The van der Waals surface area contributed by atoms with Crippen LogP contribution in [0.3, 0.4) is 0 Å². The lowest BCUT2D eigenvalue weighted by Crippen LogP contribution is -2.48. The van der Waals surface area contributed by atoms with Gasteiger partial charge in [0.15, 0.2) is 15.7 Å². The second kappa shape index (κ2) is 13.0. The van der Waals surface area contributed by atoms with Gasteiger partial charge in [-0.25, -0.2) is 13.4 Å². The molecular formula is C30H40ClN6O4PS. The standard InChI is InChI=1S/C30H40ClN6O4PS/c1-21(2)43(39,40)28-8-6-5-7-26(28)33-29-24(31)20-32-30(35-29)34-25-10-9-23(19-27(25)41-3)36-13-11-22(12-14-36)37-15-17-42(4,38)18-16-37/h5-10,19-22H,11-18H2,1-4H3,(H2,32,33,34,35). The fourth-order valence-corrected chi connectivity index (χ4v) is 8.50. The molecule has 5 rings (SSSR count). The third-order valence-corrected chi connectivity index (χ3v) is 13.1. The molecule has 3 aromatic rings. The van der Waals surface area contributed by atoms with Crippen molar-refractivity contribution in [3.8, 4) is 5.75 Å². The molecule has 0 saturated carbocycles. The van der Waals surface area contributed by atoms with Crippen LogP contribution in [0.1, 0.15) is 26.7 Å². The summed E-state index contributed by atoms with van der Waals surface area (Å²) in [5.41, 5.74) is 2.16. The number of nitrogens with zero attached hydrogens (tertiary/aromatic N) is 4. The van der Waals surface area contributed by atoms with E-state index in [1.54, 1.807) is 45.2 Å². The molecule has 0 bridgehead atoms. The van der Waals surface area contributed by atoms with Gasteiger partial charge in [0.2, 0.25) is 5.95 Å². The van der Waals surface area contributed by atoms with E-state index in [0.29, 0.717) is 23.2 Å². The van der Waals surface area contributed by atoms with Crippen LogP contribution in [0.5, 0.6) is 5.75 Å². The first-order valence-corrected chi connectivity index (χ1v) is 19.0. The minimum atomic E-state index is -3.53. The van der Waals surface area contributed by atoms with Crippen LogP contribution in [0, 0.1) is 0 Å². The van der Waals surface area contributed by atoms with E-state index in [2.05, 4.69) is 36.5 Å². The molecule has 2 aliphatic heterocycles. The third-order valence-electron chi connectivity index (χ3n) is 8.31. The van der Waals surface area contributed by atoms with E-state index < -0.39 is 22.2 Å². The molecule has 3 heterocycles. The first-order chi connectivity index (χ1) is 20.5. The molecule has 2 aliphatic rings. The van der Waals surface area contributed by atoms with Crippen molar-refractivity contribution in [2.45, 2.75) is 42.9 Å². The Balaban J connectivity index is 1.28. The summed E-state index contributed by atoms with van der Waals surface area (Å²) in [4.78, 5) is 13.9. The van der Waals surface area contributed by atoms with Crippen molar-refractivity contribution in [1.29, 1.82) is 0 Å². The van der Waals surface area contributed by atoms with Crippen molar-refractivity contribution < 1.29 is 17.7 Å². The van der Waals surface area contributed by atoms with E-state index in [1.807, 2.05) is 18.8 Å². The van der Waals surface area contributed by atoms with Crippen molar-refractivity contribution >= 4 is 57.4 Å². The Labute approximate surface area is 259 Å². The summed E-state index contributed by atoms with van der Waals surface area (Å²) in [5, 5.41) is 5.97. The van der Waals surface area contributed by atoms with Gasteiger partial charge in [0.1, 0.15) is 10.8 Å². The smallest absolute Gasteiger partial charge is 0.229 e. The zero-order valence-corrected chi connectivity index (χ0v) is 27.6. The second-order valence-electron chi connectivity index (χ2n) is 11.6. The number of piperidine rings is 1. The lowest BCUT2D eigenvalue weighted by Gasteiger charge is -2.42. The molecule has 2 saturated heterocycles. The topological polar surface area (TPSA) is 117 Å². The lowest BCUT2D eigenvalue weighted by molar-refractivity contribution is 0.182. The Kier molecular flexibility index (Phi) is 9.56. The quantitative estimate of drug-likeness (QED) is 0.265. The average Bonchev–Trinajstić information content (AvgIpc) is 2.99. The molecule has 0 aliphatic carbocycles. The van der Waals surface area contributed by atoms with Gasteiger partial charge >= 0.3 is 0 Å². The van der Waals surface area contributed by atoms with Gasteiger partial charge in [-0.3, -0.25) is 4.90 Å². The highest BCUT2D eigenvalue weighted by Gasteiger charge is 2.31. The van der Waals surface area contributed by atoms with E-state index in [-0.39, 0.29) is 21.7 Å². The first kappa shape index (κ1) is 31.6. The Hall–Kier alpha value is -2.85. The van der Waals surface area contributed by atoms with E-state index in [0.717, 1.165) is 57.0 Å². The number of rotatable bonds is 9. The molecule has 0 amide bonds. The summed E-state index contributed by atoms with van der Waals surface area (Å²) in [5.74, 6) is 1.20. The lowest BCUT2D eigenvalue weighted by atomic mass is 10.0. The van der Waals surface area contributed by atoms with Crippen LogP contribution >= 0.6 is 18.7 Å². The van der Waals surface area contributed by atoms with Crippen LogP contribution < -0.4 is 20.3 Å². The largest absolute Gasteiger partial charge is 0.494 e. The summed E-state index contributed by atoms with van der Waals surface area (Å²) in [7, 11) is -3.83. The van der Waals surface area contributed by atoms with Gasteiger partial charge in [-0.05, 0) is 57.6 Å². The maximum absolute atomic E-state index is 12.9. The molecule has 232 valence electrons. The molecule has 0 radical (unpaired) electrons. The molecule has 2 aromatic carbocycles. The minimum Gasteiger partial charge on any atom is -0.494 e. The number of sulfone groups is 1. The van der Waals surface area contributed by atoms with Gasteiger partial charge < -0.3 is 24.8 Å². The van der Waals surface area contributed by atoms with E-state index in [1.165, 1.54) is 6.20 Å². The second-order valence-corrected chi connectivity index (χ2v) is 18.0. The number of hydrogen-bond donors (Lipinski definition) is 2. The Morgan fingerprint density at radius 2 is 1.72 bits per heavy atom. The highest BCUT2D eigenvalue weighted by atomic mass is 35.5. The first-order valence-electron chi connectivity index (χ1n) is 14.6. The van der Waals surface area contributed by atoms with Crippen LogP contribution in [0.2, 0.25) is 5.02 Å². The molecule has 0 unspecified atom stereocenters. The number of para-hydroxylation sites is 1. The van der Waals surface area contributed by atoms with Crippen LogP contribution in [0.25, 0.3) is 0 Å². The zero-order valence-electron chi connectivity index (χ0n) is 25.1. The summed E-state index contributed by atoms with van der Waals surface area (Å²) in [6.45, 7) is 9.02. The SMILES string of the molecule is COc1cc(N2CCC(N3CCP(C)(=O)CC3)CC2)ccc1Nc1ncc(Cl)c(Nc2ccccc2S(=O)(=O)C(C)C)n1. The number of aromatic nitrogens is 2. The monoisotopic (exact) mass is 646 g/mol. The molecule has 1 aromatic heterocycles. The molecule has 13 heteroatoms. The summed E-state index contributed by atoms with van der Waals surface area (Å²) in [6.07, 6.45) is 5.28. The van der Waals surface area contributed by atoms with Gasteiger partial charge in [-0.15, -0.1) is 0 Å². The van der Waals surface area contributed by atoms with Gasteiger partial charge in [0.05, 0.1) is 42.0 Å². The van der Waals surface area contributed by atoms with Crippen molar-refractivity contribution in [1.82, 2.24) is 14.9 Å². The van der Waals surface area contributed by atoms with Crippen molar-refractivity contribution in [2.24, 2.45) is 0 Å². The number of halogens is 1. The van der Waals surface area contributed by atoms with Crippen LogP contribution in [0.15, 0.2) is 53.6 Å². The Bertz CT molecular complexity index is 1600. The molecule has 0 spiro atoms. The number of ether oxygens (including phenoxy) is 1. The number of anilines is 5. The van der Waals surface area contributed by atoms with Crippen LogP contribution in [0.4, 0.5) is 28.8 Å². The van der Waals surface area contributed by atoms with E-state index in [9.17, 15) is 13.0 Å². The highest BCUT2D eigenvalue weighted by molar-refractivity contribution is 7.92. The predicted octanol–water partition coefficient (Wildman–Crippen LogP) is 6.09. The maximum atomic E-state index is 12.9. The van der Waals surface area contributed by atoms with Crippen molar-refractivity contribution in [3.63, 3.8) is 0 Å². The Morgan fingerprint density at radius 1 is 1.02 bits per heavy atom. The predicted molar refractivity (Wildman–Crippen MR) is 175 cm³/mol. The maximum Gasteiger partial charge on any atom is 0.229 e. The van der Waals surface area contributed by atoms with Crippen LogP contribution in [-0.4, -0.2) is 86.9 Å². The van der Waals surface area contributed by atoms with E-state index >= 15 is 0 Å². The Morgan fingerprint density at radius 3 is 2.40 bits per heavy atom. The molecule has 43 heavy (non-hydrogen) atoms. The zero-order chi connectivity index (χ0) is 30.8. The number of hydrogen-bond acceptors (Lipinski definition) is 10. The van der Waals surface area contributed by atoms with Crippen LogP contribution in [-0.2, 0) is 14.4 Å². The molecule has 2 N–H and O–H groups in total. The van der Waals surface area contributed by atoms with Crippen molar-refractivity contribution in [2.75, 3.05) is 67.8 Å². The average molecular weight is 647 g/mol. The number of methoxy groups -OCH3 is 1. The number of benzene rings is 2. The third kappa shape index (κ3) is 7.28. The van der Waals surface area contributed by atoms with Gasteiger partial charge in [0.25, 0.3) is 0 Å². The molecule has 0 atom stereocenters. The highest BCUT2D eigenvalue weighted by Crippen LogP contribution is 2.44. The number of nitrogens with one attached hydrogen (secondary N) is 2. The van der Waals surface area contributed by atoms with Gasteiger partial charge in [-0.1, -0.05) is 23.7 Å². The molecule has 2 fully saturated rings. The molecule has 10 nitrogen and oxygen atoms in total. The molecular weight excluding hydrogens is 607 g/mol. The van der Waals surface area contributed by atoms with E-state index in [4.69, 9.17) is 16.3 Å². The summed E-state index contributed by atoms with van der Waals surface area (Å²) >= 11 is 6.41.